The molecule has 7 nitrogen and oxygen atoms in total. The first-order valence-corrected chi connectivity index (χ1v) is 12.3. The summed E-state index contributed by atoms with van der Waals surface area (Å²) >= 11 is 0. The van der Waals surface area contributed by atoms with Gasteiger partial charge in [0.1, 0.15) is 11.6 Å². The molecule has 4 aromatic rings. The maximum Gasteiger partial charge on any atom is 0.282 e. The van der Waals surface area contributed by atoms with Crippen molar-refractivity contribution < 1.29 is 9.53 Å². The number of nitrogens with one attached hydrogen (secondary N) is 1. The van der Waals surface area contributed by atoms with Crippen molar-refractivity contribution in [2.45, 2.75) is 38.0 Å². The predicted octanol–water partition coefficient (Wildman–Crippen LogP) is 5.34. The largest absolute Gasteiger partial charge is 0.484 e. The Labute approximate surface area is 209 Å². The summed E-state index contributed by atoms with van der Waals surface area (Å²) in [7, 11) is 0. The molecule has 0 aliphatic heterocycles. The number of amides is 1. The van der Waals surface area contributed by atoms with Gasteiger partial charge in [0.15, 0.2) is 6.61 Å². The molecular weight excluding hydrogens is 452 g/mol. The first kappa shape index (κ1) is 23.5. The molecule has 1 heterocycles. The van der Waals surface area contributed by atoms with E-state index < -0.39 is 0 Å². The Hall–Kier alpha value is -4.26. The highest BCUT2D eigenvalue weighted by atomic mass is 16.5. The molecule has 1 amide bonds. The van der Waals surface area contributed by atoms with Crippen molar-refractivity contribution in [2.24, 2.45) is 5.10 Å². The standard InChI is InChI=1S/C29H28N4O3/c34-27(31-23-11-5-2-6-12-23)20-36-24-17-15-21(16-18-24)19-30-33-28(22-9-3-1-4-10-22)32-26-14-8-7-13-25(26)29(33)35/h2,5-8,11-19,22H,1,3-4,9-10,20H2,(H,31,34). The predicted molar refractivity (Wildman–Crippen MR) is 142 cm³/mol. The van der Waals surface area contributed by atoms with Crippen molar-refractivity contribution >= 4 is 28.7 Å². The number of hydrogen-bond donors (Lipinski definition) is 1. The van der Waals surface area contributed by atoms with E-state index in [4.69, 9.17) is 9.72 Å². The highest BCUT2D eigenvalue weighted by Crippen LogP contribution is 2.31. The highest BCUT2D eigenvalue weighted by molar-refractivity contribution is 5.91. The maximum atomic E-state index is 13.3. The molecule has 0 bridgehead atoms. The molecule has 1 fully saturated rings. The molecule has 1 aromatic heterocycles. The lowest BCUT2D eigenvalue weighted by atomic mass is 9.88. The van der Waals surface area contributed by atoms with E-state index in [-0.39, 0.29) is 24.0 Å². The Balaban J connectivity index is 1.31. The number of anilines is 1. The lowest BCUT2D eigenvalue weighted by Gasteiger charge is -2.22. The van der Waals surface area contributed by atoms with Gasteiger partial charge in [0.25, 0.3) is 11.5 Å². The minimum absolute atomic E-state index is 0.0920. The molecule has 5 rings (SSSR count). The number of hydrogen-bond acceptors (Lipinski definition) is 5. The van der Waals surface area contributed by atoms with E-state index in [0.29, 0.717) is 16.7 Å². The van der Waals surface area contributed by atoms with Gasteiger partial charge in [-0.15, -0.1) is 0 Å². The number of benzene rings is 3. The average molecular weight is 481 g/mol. The summed E-state index contributed by atoms with van der Waals surface area (Å²) in [5.41, 5.74) is 2.10. The molecule has 1 N–H and O–H groups in total. The van der Waals surface area contributed by atoms with E-state index in [2.05, 4.69) is 10.4 Å². The molecular formula is C29H28N4O3. The summed E-state index contributed by atoms with van der Waals surface area (Å²) in [4.78, 5) is 30.3. The van der Waals surface area contributed by atoms with Crippen LogP contribution < -0.4 is 15.6 Å². The summed E-state index contributed by atoms with van der Waals surface area (Å²) in [5.74, 6) is 1.30. The van der Waals surface area contributed by atoms with Crippen LogP contribution in [0.3, 0.4) is 0 Å². The molecule has 36 heavy (non-hydrogen) atoms. The number of carbonyl (C=O) groups excluding carboxylic acids is 1. The fourth-order valence-electron chi connectivity index (χ4n) is 4.52. The topological polar surface area (TPSA) is 85.6 Å². The number of ether oxygens (including phenoxy) is 1. The minimum Gasteiger partial charge on any atom is -0.484 e. The Morgan fingerprint density at radius 2 is 1.69 bits per heavy atom. The zero-order valence-corrected chi connectivity index (χ0v) is 20.0. The number of carbonyl (C=O) groups is 1. The van der Waals surface area contributed by atoms with Crippen LogP contribution in [0.1, 0.15) is 49.4 Å². The first-order chi connectivity index (χ1) is 17.7. The molecule has 0 atom stereocenters. The normalized spacial score (nSPS) is 14.2. The Morgan fingerprint density at radius 1 is 0.972 bits per heavy atom. The molecule has 3 aromatic carbocycles. The minimum atomic E-state index is -0.231. The third-order valence-corrected chi connectivity index (χ3v) is 6.38. The van der Waals surface area contributed by atoms with Crippen LogP contribution in [0.4, 0.5) is 5.69 Å². The smallest absolute Gasteiger partial charge is 0.282 e. The Morgan fingerprint density at radius 3 is 2.47 bits per heavy atom. The number of para-hydroxylation sites is 2. The van der Waals surface area contributed by atoms with E-state index in [9.17, 15) is 9.59 Å². The lowest BCUT2D eigenvalue weighted by molar-refractivity contribution is -0.118. The van der Waals surface area contributed by atoms with Crippen LogP contribution in [0.25, 0.3) is 10.9 Å². The van der Waals surface area contributed by atoms with Crippen molar-refractivity contribution in [3.05, 3.63) is 101 Å². The van der Waals surface area contributed by atoms with Crippen LogP contribution in [0, 0.1) is 0 Å². The third-order valence-electron chi connectivity index (χ3n) is 6.38. The molecule has 1 aliphatic carbocycles. The SMILES string of the molecule is O=C(COc1ccc(C=Nn2c(C3CCCCC3)nc3ccccc3c2=O)cc1)Nc1ccccc1. The van der Waals surface area contributed by atoms with E-state index in [0.717, 1.165) is 42.8 Å². The van der Waals surface area contributed by atoms with E-state index in [1.54, 1.807) is 24.4 Å². The van der Waals surface area contributed by atoms with Crippen molar-refractivity contribution in [3.63, 3.8) is 0 Å². The Bertz CT molecular complexity index is 1420. The molecule has 1 saturated carbocycles. The molecule has 0 spiro atoms. The maximum absolute atomic E-state index is 13.3. The van der Waals surface area contributed by atoms with Gasteiger partial charge in [0.05, 0.1) is 17.1 Å². The molecule has 0 saturated heterocycles. The Kier molecular flexibility index (Phi) is 7.17. The van der Waals surface area contributed by atoms with Crippen LogP contribution in [0.2, 0.25) is 0 Å². The molecule has 7 heteroatoms. The monoisotopic (exact) mass is 480 g/mol. The number of fused-ring (bicyclic) bond motifs is 1. The molecule has 182 valence electrons. The quantitative estimate of drug-likeness (QED) is 0.362. The van der Waals surface area contributed by atoms with Crippen LogP contribution >= 0.6 is 0 Å². The van der Waals surface area contributed by atoms with Crippen molar-refractivity contribution in [3.8, 4) is 5.75 Å². The fourth-order valence-corrected chi connectivity index (χ4v) is 4.52. The molecule has 0 radical (unpaired) electrons. The van der Waals surface area contributed by atoms with Crippen molar-refractivity contribution in [1.82, 2.24) is 9.66 Å². The molecule has 1 aliphatic rings. The fraction of sp³-hybridized carbons (Fsp3) is 0.241. The average Bonchev–Trinajstić information content (AvgIpc) is 2.93. The molecule has 0 unspecified atom stereocenters. The number of aromatic nitrogens is 2. The van der Waals surface area contributed by atoms with Crippen LogP contribution in [-0.4, -0.2) is 28.4 Å². The van der Waals surface area contributed by atoms with Gasteiger partial charge in [-0.2, -0.15) is 9.78 Å². The summed E-state index contributed by atoms with van der Waals surface area (Å²) < 4.78 is 7.07. The van der Waals surface area contributed by atoms with Gasteiger partial charge in [0, 0.05) is 11.6 Å². The second-order valence-corrected chi connectivity index (χ2v) is 8.96. The summed E-state index contributed by atoms with van der Waals surface area (Å²) in [6.45, 7) is -0.0920. The van der Waals surface area contributed by atoms with Crippen molar-refractivity contribution in [1.29, 1.82) is 0 Å². The van der Waals surface area contributed by atoms with Crippen molar-refractivity contribution in [2.75, 3.05) is 11.9 Å². The van der Waals surface area contributed by atoms with Gasteiger partial charge >= 0.3 is 0 Å². The lowest BCUT2D eigenvalue weighted by Crippen LogP contribution is -2.25. The van der Waals surface area contributed by atoms with Gasteiger partial charge in [0.2, 0.25) is 0 Å². The van der Waals surface area contributed by atoms with E-state index in [1.165, 1.54) is 11.1 Å². The van der Waals surface area contributed by atoms with E-state index >= 15 is 0 Å². The highest BCUT2D eigenvalue weighted by Gasteiger charge is 2.22. The zero-order chi connectivity index (χ0) is 24.7. The van der Waals surface area contributed by atoms with Crippen LogP contribution in [0.5, 0.6) is 5.75 Å². The second-order valence-electron chi connectivity index (χ2n) is 8.96. The van der Waals surface area contributed by atoms with Gasteiger partial charge in [-0.25, -0.2) is 4.98 Å². The van der Waals surface area contributed by atoms with Gasteiger partial charge in [-0.05, 0) is 66.9 Å². The summed E-state index contributed by atoms with van der Waals surface area (Å²) in [6, 6.07) is 23.9. The summed E-state index contributed by atoms with van der Waals surface area (Å²) in [5, 5.41) is 7.91. The van der Waals surface area contributed by atoms with Gasteiger partial charge in [-0.3, -0.25) is 9.59 Å². The van der Waals surface area contributed by atoms with Gasteiger partial charge in [-0.1, -0.05) is 49.6 Å². The third kappa shape index (κ3) is 5.51. The first-order valence-electron chi connectivity index (χ1n) is 12.3. The number of nitrogens with zero attached hydrogens (tertiary/aromatic N) is 3. The number of rotatable bonds is 7. The summed E-state index contributed by atoms with van der Waals surface area (Å²) in [6.07, 6.45) is 7.20. The van der Waals surface area contributed by atoms with Crippen LogP contribution in [-0.2, 0) is 4.79 Å². The van der Waals surface area contributed by atoms with Crippen LogP contribution in [0.15, 0.2) is 88.8 Å². The second kappa shape index (κ2) is 11.0. The van der Waals surface area contributed by atoms with Gasteiger partial charge < -0.3 is 10.1 Å². The zero-order valence-electron chi connectivity index (χ0n) is 20.0. The van der Waals surface area contributed by atoms with E-state index in [1.807, 2.05) is 60.7 Å².